The number of aromatic nitrogens is 2. The third-order valence-electron chi connectivity index (χ3n) is 2.50. The maximum atomic E-state index is 11.3. The summed E-state index contributed by atoms with van der Waals surface area (Å²) in [5.74, 6) is 0.731. The highest BCUT2D eigenvalue weighted by Crippen LogP contribution is 2.34. The Bertz CT molecular complexity index is 741. The average molecular weight is 451 g/mol. The molecule has 22 heavy (non-hydrogen) atoms. The quantitative estimate of drug-likeness (QED) is 0.537. The number of hydrogen-bond acceptors (Lipinski definition) is 5. The normalized spacial score (nSPS) is 10.9. The van der Waals surface area contributed by atoms with Crippen LogP contribution in [-0.2, 0) is 0 Å². The highest BCUT2D eigenvalue weighted by atomic mass is 79.9. The Balaban J connectivity index is 2.17. The first-order chi connectivity index (χ1) is 10.5. The van der Waals surface area contributed by atoms with Crippen LogP contribution in [0, 0.1) is 0 Å². The molecule has 0 unspecified atom stereocenters. The van der Waals surface area contributed by atoms with Crippen molar-refractivity contribution in [3.8, 4) is 5.75 Å². The topological polar surface area (TPSA) is 79.4 Å². The van der Waals surface area contributed by atoms with Crippen molar-refractivity contribution in [2.45, 2.75) is 6.92 Å². The molecule has 0 saturated heterocycles. The predicted molar refractivity (Wildman–Crippen MR) is 94.1 cm³/mol. The molecule has 0 bridgehead atoms. The minimum atomic E-state index is -0.478. The number of anilines is 1. The minimum absolute atomic E-state index is 0.00112. The molecule has 0 aliphatic rings. The highest BCUT2D eigenvalue weighted by Gasteiger charge is 2.08. The zero-order chi connectivity index (χ0) is 16.1. The smallest absolute Gasteiger partial charge is 0.285 e. The Morgan fingerprint density at radius 3 is 2.77 bits per heavy atom. The van der Waals surface area contributed by atoms with Gasteiger partial charge in [0.1, 0.15) is 16.5 Å². The van der Waals surface area contributed by atoms with E-state index in [4.69, 9.17) is 16.3 Å². The summed E-state index contributed by atoms with van der Waals surface area (Å²) in [5, 5.41) is 9.90. The Morgan fingerprint density at radius 2 is 2.14 bits per heavy atom. The van der Waals surface area contributed by atoms with Crippen molar-refractivity contribution in [1.29, 1.82) is 0 Å². The number of hydrogen-bond donors (Lipinski definition) is 2. The number of ether oxygens (including phenoxy) is 1. The van der Waals surface area contributed by atoms with E-state index in [2.05, 4.69) is 52.6 Å². The molecule has 2 aromatic rings. The molecule has 0 amide bonds. The molecule has 6 nitrogen and oxygen atoms in total. The molecule has 9 heteroatoms. The molecule has 0 spiro atoms. The molecular formula is C13H11Br2ClN4O2. The lowest BCUT2D eigenvalue weighted by Gasteiger charge is -2.09. The van der Waals surface area contributed by atoms with Crippen LogP contribution in [0.25, 0.3) is 0 Å². The Labute approximate surface area is 148 Å². The van der Waals surface area contributed by atoms with Crippen LogP contribution in [0.1, 0.15) is 12.5 Å². The summed E-state index contributed by atoms with van der Waals surface area (Å²) in [7, 11) is 0. The van der Waals surface area contributed by atoms with Gasteiger partial charge < -0.3 is 4.74 Å². The fourth-order valence-corrected chi connectivity index (χ4v) is 3.16. The van der Waals surface area contributed by atoms with Crippen LogP contribution in [0.4, 0.5) is 5.69 Å². The van der Waals surface area contributed by atoms with E-state index >= 15 is 0 Å². The van der Waals surface area contributed by atoms with E-state index in [1.807, 2.05) is 19.1 Å². The molecule has 0 atom stereocenters. The van der Waals surface area contributed by atoms with Crippen molar-refractivity contribution in [2.24, 2.45) is 5.10 Å². The molecule has 1 aromatic carbocycles. The molecule has 116 valence electrons. The van der Waals surface area contributed by atoms with Crippen molar-refractivity contribution in [1.82, 2.24) is 10.2 Å². The number of nitrogens with zero attached hydrogens (tertiary/aromatic N) is 2. The minimum Gasteiger partial charge on any atom is -0.492 e. The lowest BCUT2D eigenvalue weighted by Crippen LogP contribution is -2.10. The molecule has 0 radical (unpaired) electrons. The molecule has 1 aromatic heterocycles. The van der Waals surface area contributed by atoms with Crippen molar-refractivity contribution < 1.29 is 4.74 Å². The van der Waals surface area contributed by atoms with E-state index in [9.17, 15) is 4.79 Å². The Hall–Kier alpha value is -1.38. The van der Waals surface area contributed by atoms with Gasteiger partial charge in [-0.15, -0.1) is 0 Å². The molecule has 0 aliphatic heterocycles. The van der Waals surface area contributed by atoms with Crippen molar-refractivity contribution >= 4 is 55.4 Å². The van der Waals surface area contributed by atoms with Gasteiger partial charge in [-0.25, -0.2) is 5.10 Å². The van der Waals surface area contributed by atoms with E-state index in [1.54, 1.807) is 6.21 Å². The Morgan fingerprint density at radius 1 is 1.45 bits per heavy atom. The summed E-state index contributed by atoms with van der Waals surface area (Å²) >= 11 is 12.7. The summed E-state index contributed by atoms with van der Waals surface area (Å²) in [6, 6.07) is 3.72. The standard InChI is InChI=1S/C13H11Br2ClN4O2/c1-2-22-12-8(14)3-7(4-9(12)15)5-17-19-10-6-18-20-13(21)11(10)16/h3-6H,2H2,1H3,(H2,19,20,21)/b17-5-. The molecule has 0 aliphatic carbocycles. The summed E-state index contributed by atoms with van der Waals surface area (Å²) in [5.41, 5.74) is 3.34. The molecule has 0 saturated carbocycles. The van der Waals surface area contributed by atoms with Crippen LogP contribution < -0.4 is 15.7 Å². The summed E-state index contributed by atoms with van der Waals surface area (Å²) < 4.78 is 7.12. The van der Waals surface area contributed by atoms with Gasteiger partial charge in [0, 0.05) is 0 Å². The molecule has 2 rings (SSSR count). The van der Waals surface area contributed by atoms with Crippen molar-refractivity contribution in [3.05, 3.63) is 48.2 Å². The van der Waals surface area contributed by atoms with Gasteiger partial charge in [-0.3, -0.25) is 10.2 Å². The van der Waals surface area contributed by atoms with E-state index in [0.717, 1.165) is 20.3 Å². The highest BCUT2D eigenvalue weighted by molar-refractivity contribution is 9.11. The molecule has 2 N–H and O–H groups in total. The fourth-order valence-electron chi connectivity index (χ4n) is 1.57. The number of halogens is 3. The predicted octanol–water partition coefficient (Wildman–Crippen LogP) is 3.79. The van der Waals surface area contributed by atoms with Crippen LogP contribution in [0.5, 0.6) is 5.75 Å². The van der Waals surface area contributed by atoms with Gasteiger partial charge in [-0.1, -0.05) is 11.6 Å². The van der Waals surface area contributed by atoms with E-state index in [-0.39, 0.29) is 5.02 Å². The average Bonchev–Trinajstić information content (AvgIpc) is 2.47. The van der Waals surface area contributed by atoms with Gasteiger partial charge in [-0.05, 0) is 56.5 Å². The zero-order valence-corrected chi connectivity index (χ0v) is 15.3. The third kappa shape index (κ3) is 4.08. The van der Waals surface area contributed by atoms with E-state index < -0.39 is 5.56 Å². The second-order valence-corrected chi connectivity index (χ2v) is 6.13. The number of aromatic amines is 1. The largest absolute Gasteiger partial charge is 0.492 e. The number of nitrogens with one attached hydrogen (secondary N) is 2. The zero-order valence-electron chi connectivity index (χ0n) is 11.4. The van der Waals surface area contributed by atoms with Crippen LogP contribution in [-0.4, -0.2) is 23.0 Å². The number of benzene rings is 1. The monoisotopic (exact) mass is 448 g/mol. The summed E-state index contributed by atoms with van der Waals surface area (Å²) in [6.45, 7) is 2.48. The first-order valence-electron chi connectivity index (χ1n) is 6.17. The lowest BCUT2D eigenvalue weighted by atomic mass is 10.2. The second-order valence-electron chi connectivity index (χ2n) is 4.04. The van der Waals surface area contributed by atoms with Gasteiger partial charge in [0.2, 0.25) is 0 Å². The molecular weight excluding hydrogens is 439 g/mol. The first kappa shape index (κ1) is 17.0. The number of hydrazone groups is 1. The SMILES string of the molecule is CCOc1c(Br)cc(/C=N\Nc2cn[nH]c(=O)c2Cl)cc1Br. The number of rotatable bonds is 5. The number of H-pyrrole nitrogens is 1. The first-order valence-corrected chi connectivity index (χ1v) is 8.13. The maximum Gasteiger partial charge on any atom is 0.285 e. The van der Waals surface area contributed by atoms with Gasteiger partial charge in [0.25, 0.3) is 5.56 Å². The van der Waals surface area contributed by atoms with Crippen LogP contribution in [0.3, 0.4) is 0 Å². The van der Waals surface area contributed by atoms with Gasteiger partial charge in [0.15, 0.2) is 0 Å². The van der Waals surface area contributed by atoms with E-state index in [0.29, 0.717) is 12.3 Å². The Kier molecular flexibility index (Phi) is 5.98. The van der Waals surface area contributed by atoms with Crippen LogP contribution in [0.15, 0.2) is 37.2 Å². The van der Waals surface area contributed by atoms with Gasteiger partial charge in [-0.2, -0.15) is 10.2 Å². The molecule has 0 fully saturated rings. The van der Waals surface area contributed by atoms with Crippen molar-refractivity contribution in [2.75, 3.05) is 12.0 Å². The summed E-state index contributed by atoms with van der Waals surface area (Å²) in [4.78, 5) is 11.3. The second kappa shape index (κ2) is 7.75. The molecule has 1 heterocycles. The lowest BCUT2D eigenvalue weighted by molar-refractivity contribution is 0.336. The maximum absolute atomic E-state index is 11.3. The van der Waals surface area contributed by atoms with Crippen LogP contribution in [0.2, 0.25) is 5.02 Å². The van der Waals surface area contributed by atoms with Crippen LogP contribution >= 0.6 is 43.5 Å². The fraction of sp³-hybridized carbons (Fsp3) is 0.154. The third-order valence-corrected chi connectivity index (χ3v) is 4.06. The summed E-state index contributed by atoms with van der Waals surface area (Å²) in [6.07, 6.45) is 2.97. The van der Waals surface area contributed by atoms with Gasteiger partial charge in [0.05, 0.1) is 28.0 Å². The van der Waals surface area contributed by atoms with E-state index in [1.165, 1.54) is 6.20 Å². The van der Waals surface area contributed by atoms with Gasteiger partial charge >= 0.3 is 0 Å². The van der Waals surface area contributed by atoms with Crippen molar-refractivity contribution in [3.63, 3.8) is 0 Å².